The maximum absolute atomic E-state index is 5.56. The highest BCUT2D eigenvalue weighted by molar-refractivity contribution is 7.22. The lowest BCUT2D eigenvalue weighted by Gasteiger charge is -2.28. The van der Waals surface area contributed by atoms with Crippen LogP contribution in [0.3, 0.4) is 0 Å². The lowest BCUT2D eigenvalue weighted by molar-refractivity contribution is 0.0681. The highest BCUT2D eigenvalue weighted by Crippen LogP contribution is 2.41. The molecule has 0 aromatic carbocycles. The number of hydrogen-bond donors (Lipinski definition) is 1. The molecular formula is C24H31N7OS. The molecule has 4 aromatic rings. The maximum atomic E-state index is 5.56. The summed E-state index contributed by atoms with van der Waals surface area (Å²) in [5.74, 6) is 2.30. The molecule has 0 aliphatic heterocycles. The van der Waals surface area contributed by atoms with Crippen LogP contribution in [0.25, 0.3) is 32.4 Å². The third-order valence-electron chi connectivity index (χ3n) is 6.53. The molecule has 174 valence electrons. The number of rotatable bonds is 6. The lowest BCUT2D eigenvalue weighted by Crippen LogP contribution is -2.29. The molecule has 1 saturated carbocycles. The zero-order chi connectivity index (χ0) is 23.1. The van der Waals surface area contributed by atoms with E-state index in [1.165, 1.54) is 5.56 Å². The van der Waals surface area contributed by atoms with E-state index in [1.807, 2.05) is 35.8 Å². The summed E-state index contributed by atoms with van der Waals surface area (Å²) in [4.78, 5) is 16.5. The van der Waals surface area contributed by atoms with Crippen LogP contribution >= 0.6 is 11.3 Å². The van der Waals surface area contributed by atoms with E-state index in [0.29, 0.717) is 24.0 Å². The summed E-state index contributed by atoms with van der Waals surface area (Å²) in [6.07, 6.45) is 10.4. The first-order valence-corrected chi connectivity index (χ1v) is 12.4. The molecule has 9 heteroatoms. The van der Waals surface area contributed by atoms with E-state index in [2.05, 4.69) is 37.1 Å². The Morgan fingerprint density at radius 3 is 2.58 bits per heavy atom. The van der Waals surface area contributed by atoms with Crippen LogP contribution < -0.4 is 5.32 Å². The molecule has 33 heavy (non-hydrogen) atoms. The summed E-state index contributed by atoms with van der Waals surface area (Å²) in [6, 6.07) is 2.78. The first-order valence-electron chi connectivity index (χ1n) is 11.6. The number of imidazole rings is 1. The van der Waals surface area contributed by atoms with Crippen molar-refractivity contribution in [3.63, 3.8) is 0 Å². The number of nitrogens with one attached hydrogen (secondary N) is 1. The molecule has 8 nitrogen and oxygen atoms in total. The number of methoxy groups -OCH3 is 1. The normalized spacial score (nSPS) is 19.0. The Labute approximate surface area is 198 Å². The van der Waals surface area contributed by atoms with Crippen molar-refractivity contribution in [3.05, 3.63) is 30.2 Å². The largest absolute Gasteiger partial charge is 0.381 e. The summed E-state index contributed by atoms with van der Waals surface area (Å²) in [7, 11) is 3.78. The van der Waals surface area contributed by atoms with Crippen LogP contribution in [-0.4, -0.2) is 48.6 Å². The Balaban J connectivity index is 1.59. The van der Waals surface area contributed by atoms with Crippen molar-refractivity contribution in [2.75, 3.05) is 12.4 Å². The number of ether oxygens (including phenoxy) is 1. The van der Waals surface area contributed by atoms with E-state index >= 15 is 0 Å². The van der Waals surface area contributed by atoms with Gasteiger partial charge in [0.1, 0.15) is 16.3 Å². The van der Waals surface area contributed by atoms with E-state index in [0.717, 1.165) is 58.1 Å². The van der Waals surface area contributed by atoms with Crippen molar-refractivity contribution < 1.29 is 4.74 Å². The number of aromatic nitrogens is 6. The highest BCUT2D eigenvalue weighted by Gasteiger charge is 2.25. The van der Waals surface area contributed by atoms with Crippen molar-refractivity contribution in [2.24, 2.45) is 7.05 Å². The minimum Gasteiger partial charge on any atom is -0.381 e. The number of hydrogen-bond acceptors (Lipinski definition) is 7. The summed E-state index contributed by atoms with van der Waals surface area (Å²) < 4.78 is 9.52. The molecule has 1 aliphatic carbocycles. The van der Waals surface area contributed by atoms with Gasteiger partial charge in [0.25, 0.3) is 0 Å². The third-order valence-corrected chi connectivity index (χ3v) is 7.74. The minimum absolute atomic E-state index is 0.322. The van der Waals surface area contributed by atoms with Gasteiger partial charge in [-0.2, -0.15) is 5.10 Å². The van der Waals surface area contributed by atoms with Gasteiger partial charge in [-0.3, -0.25) is 4.68 Å². The number of nitrogens with zero attached hydrogens (tertiary/aromatic N) is 6. The number of anilines is 1. The van der Waals surface area contributed by atoms with E-state index in [-0.39, 0.29) is 0 Å². The molecule has 0 amide bonds. The van der Waals surface area contributed by atoms with Gasteiger partial charge in [0.05, 0.1) is 16.4 Å². The summed E-state index contributed by atoms with van der Waals surface area (Å²) in [5, 5.41) is 9.65. The zero-order valence-electron chi connectivity index (χ0n) is 19.9. The second-order valence-corrected chi connectivity index (χ2v) is 10.1. The van der Waals surface area contributed by atoms with E-state index < -0.39 is 0 Å². The van der Waals surface area contributed by atoms with Gasteiger partial charge in [0.15, 0.2) is 11.6 Å². The molecule has 0 saturated heterocycles. The minimum atomic E-state index is 0.322. The smallest absolute Gasteiger partial charge is 0.199 e. The van der Waals surface area contributed by atoms with Gasteiger partial charge in [-0.1, -0.05) is 0 Å². The molecule has 1 N–H and O–H groups in total. The van der Waals surface area contributed by atoms with Crippen molar-refractivity contribution >= 4 is 27.4 Å². The average molecular weight is 466 g/mol. The first kappa shape index (κ1) is 22.0. The molecule has 4 heterocycles. The standard InChI is InChI=1S/C24H31N7OS/c1-14(2)31-12-10-18(29-31)20-15(3)19-21(26-16-6-8-17(32-5)9-7-16)27-22(28-24(19)33-20)23-25-11-13-30(23)4/h10-14,16-17H,6-9H2,1-5H3,(H,26,27,28)/t16-,17-. The SMILES string of the molecule is CO[C@H]1CC[C@H](Nc2nc(-c3nccn3C)nc3sc(-c4ccn(C(C)C)n4)c(C)c23)CC1. The predicted molar refractivity (Wildman–Crippen MR) is 133 cm³/mol. The predicted octanol–water partition coefficient (Wildman–Crippen LogP) is 5.21. The summed E-state index contributed by atoms with van der Waals surface area (Å²) in [6.45, 7) is 6.43. The fourth-order valence-electron chi connectivity index (χ4n) is 4.55. The van der Waals surface area contributed by atoms with Crippen LogP contribution in [0.4, 0.5) is 5.82 Å². The Hall–Kier alpha value is -2.78. The molecule has 0 bridgehead atoms. The van der Waals surface area contributed by atoms with Crippen LogP contribution in [0, 0.1) is 6.92 Å². The van der Waals surface area contributed by atoms with Gasteiger partial charge >= 0.3 is 0 Å². The Morgan fingerprint density at radius 2 is 1.94 bits per heavy atom. The number of aryl methyl sites for hydroxylation is 2. The van der Waals surface area contributed by atoms with Crippen molar-refractivity contribution in [1.82, 2.24) is 29.3 Å². The lowest BCUT2D eigenvalue weighted by atomic mass is 9.93. The maximum Gasteiger partial charge on any atom is 0.199 e. The molecule has 0 atom stereocenters. The quantitative estimate of drug-likeness (QED) is 0.421. The van der Waals surface area contributed by atoms with Gasteiger partial charge in [0, 0.05) is 44.8 Å². The second kappa shape index (κ2) is 8.87. The molecule has 5 rings (SSSR count). The van der Waals surface area contributed by atoms with Crippen LogP contribution in [0.15, 0.2) is 24.7 Å². The fourth-order valence-corrected chi connectivity index (χ4v) is 5.70. The molecule has 0 unspecified atom stereocenters. The van der Waals surface area contributed by atoms with Crippen molar-refractivity contribution in [2.45, 2.75) is 64.6 Å². The summed E-state index contributed by atoms with van der Waals surface area (Å²) in [5.41, 5.74) is 2.15. The molecule has 1 aliphatic rings. The zero-order valence-corrected chi connectivity index (χ0v) is 20.7. The molecule has 0 radical (unpaired) electrons. The number of thiophene rings is 1. The summed E-state index contributed by atoms with van der Waals surface area (Å²) >= 11 is 1.68. The molecule has 1 fully saturated rings. The Bertz CT molecular complexity index is 1260. The van der Waals surface area contributed by atoms with E-state index in [1.54, 1.807) is 17.5 Å². The highest BCUT2D eigenvalue weighted by atomic mass is 32.1. The van der Waals surface area contributed by atoms with Crippen molar-refractivity contribution in [1.29, 1.82) is 0 Å². The monoisotopic (exact) mass is 465 g/mol. The van der Waals surface area contributed by atoms with Gasteiger partial charge in [0.2, 0.25) is 0 Å². The van der Waals surface area contributed by atoms with Crippen LogP contribution in [0.5, 0.6) is 0 Å². The Morgan fingerprint density at radius 1 is 1.15 bits per heavy atom. The second-order valence-electron chi connectivity index (χ2n) is 9.12. The van der Waals surface area contributed by atoms with E-state index in [4.69, 9.17) is 19.8 Å². The van der Waals surface area contributed by atoms with E-state index in [9.17, 15) is 0 Å². The van der Waals surface area contributed by atoms with Gasteiger partial charge in [-0.15, -0.1) is 11.3 Å². The molecule has 4 aromatic heterocycles. The van der Waals surface area contributed by atoms with Crippen molar-refractivity contribution in [3.8, 4) is 22.2 Å². The average Bonchev–Trinajstić information content (AvgIpc) is 3.53. The van der Waals surface area contributed by atoms with Crippen LogP contribution in [0.2, 0.25) is 0 Å². The van der Waals surface area contributed by atoms with Gasteiger partial charge < -0.3 is 14.6 Å². The van der Waals surface area contributed by atoms with Gasteiger partial charge in [-0.05, 0) is 58.1 Å². The first-order chi connectivity index (χ1) is 15.9. The topological polar surface area (TPSA) is 82.7 Å². The Kier molecular flexibility index (Phi) is 5.92. The van der Waals surface area contributed by atoms with Crippen LogP contribution in [-0.2, 0) is 11.8 Å². The third kappa shape index (κ3) is 4.15. The number of fused-ring (bicyclic) bond motifs is 1. The molecule has 0 spiro atoms. The van der Waals surface area contributed by atoms with Crippen LogP contribution in [0.1, 0.15) is 51.1 Å². The molecular weight excluding hydrogens is 434 g/mol. The van der Waals surface area contributed by atoms with Gasteiger partial charge in [-0.25, -0.2) is 15.0 Å². The fraction of sp³-hybridized carbons (Fsp3) is 0.500.